The molecule has 0 bridgehead atoms. The molecule has 0 aliphatic carbocycles. The van der Waals surface area contributed by atoms with E-state index in [0.717, 1.165) is 11.3 Å². The van der Waals surface area contributed by atoms with Crippen molar-refractivity contribution in [2.75, 3.05) is 17.7 Å². The third-order valence-electron chi connectivity index (χ3n) is 2.86. The summed E-state index contributed by atoms with van der Waals surface area (Å²) in [4.78, 5) is 11.7. The molecule has 0 saturated carbocycles. The smallest absolute Gasteiger partial charge is 0.332 e. The lowest BCUT2D eigenvalue weighted by Gasteiger charge is -2.13. The number of anilines is 2. The van der Waals surface area contributed by atoms with E-state index in [9.17, 15) is 4.79 Å². The zero-order valence-corrected chi connectivity index (χ0v) is 11.9. The topological polar surface area (TPSA) is 64.3 Å². The fourth-order valence-corrected chi connectivity index (χ4v) is 1.87. The second-order valence-corrected chi connectivity index (χ2v) is 4.39. The average Bonchev–Trinajstić information content (AvgIpc) is 2.50. The predicted molar refractivity (Wildman–Crippen MR) is 85.5 cm³/mol. The normalized spacial score (nSPS) is 11.0. The van der Waals surface area contributed by atoms with Gasteiger partial charge in [-0.3, -0.25) is 0 Å². The van der Waals surface area contributed by atoms with Crippen LogP contribution in [-0.4, -0.2) is 12.6 Å². The van der Waals surface area contributed by atoms with Gasteiger partial charge in [0.15, 0.2) is 0 Å². The van der Waals surface area contributed by atoms with Gasteiger partial charge in [-0.2, -0.15) is 0 Å². The van der Waals surface area contributed by atoms with Gasteiger partial charge in [-0.25, -0.2) is 4.79 Å². The van der Waals surface area contributed by atoms with Gasteiger partial charge in [0.2, 0.25) is 0 Å². The number of esters is 1. The van der Waals surface area contributed by atoms with E-state index in [0.29, 0.717) is 18.0 Å². The standard InChI is InChI=1S/C17H18N2O2/c1-2-21-17(20)12-16(13-8-4-3-5-9-13)19-15-11-7-6-10-14(15)18/h3-12,19H,2,18H2,1H3/b16-12+. The summed E-state index contributed by atoms with van der Waals surface area (Å²) in [5.74, 6) is -0.390. The quantitative estimate of drug-likeness (QED) is 0.502. The van der Waals surface area contributed by atoms with Crippen molar-refractivity contribution in [2.24, 2.45) is 0 Å². The third kappa shape index (κ3) is 4.11. The number of benzene rings is 2. The molecular formula is C17H18N2O2. The van der Waals surface area contributed by atoms with Crippen molar-refractivity contribution in [1.29, 1.82) is 0 Å². The summed E-state index contributed by atoms with van der Waals surface area (Å²) >= 11 is 0. The fourth-order valence-electron chi connectivity index (χ4n) is 1.87. The van der Waals surface area contributed by atoms with E-state index < -0.39 is 5.97 Å². The molecule has 21 heavy (non-hydrogen) atoms. The van der Waals surface area contributed by atoms with Gasteiger partial charge < -0.3 is 15.8 Å². The highest BCUT2D eigenvalue weighted by atomic mass is 16.5. The molecule has 4 nitrogen and oxygen atoms in total. The fraction of sp³-hybridized carbons (Fsp3) is 0.118. The van der Waals surface area contributed by atoms with Gasteiger partial charge in [-0.1, -0.05) is 42.5 Å². The number of rotatable bonds is 5. The molecule has 0 spiro atoms. The first-order valence-corrected chi connectivity index (χ1v) is 6.76. The average molecular weight is 282 g/mol. The molecule has 2 aromatic carbocycles. The first-order valence-electron chi connectivity index (χ1n) is 6.76. The molecule has 0 saturated heterocycles. The minimum Gasteiger partial charge on any atom is -0.463 e. The van der Waals surface area contributed by atoms with Crippen molar-refractivity contribution in [3.05, 3.63) is 66.2 Å². The highest BCUT2D eigenvalue weighted by molar-refractivity contribution is 5.95. The second-order valence-electron chi connectivity index (χ2n) is 4.39. The summed E-state index contributed by atoms with van der Waals surface area (Å²) in [6.07, 6.45) is 1.44. The van der Waals surface area contributed by atoms with Crippen molar-refractivity contribution >= 4 is 23.0 Å². The third-order valence-corrected chi connectivity index (χ3v) is 2.86. The number of nitrogen functional groups attached to an aromatic ring is 1. The molecule has 0 unspecified atom stereocenters. The Hall–Kier alpha value is -2.75. The molecule has 0 aromatic heterocycles. The summed E-state index contributed by atoms with van der Waals surface area (Å²) in [7, 11) is 0. The summed E-state index contributed by atoms with van der Waals surface area (Å²) in [6, 6.07) is 17.0. The number of carbonyl (C=O) groups is 1. The molecule has 2 rings (SSSR count). The van der Waals surface area contributed by atoms with E-state index in [1.165, 1.54) is 6.08 Å². The first kappa shape index (κ1) is 14.7. The van der Waals surface area contributed by atoms with Crippen LogP contribution in [0.5, 0.6) is 0 Å². The maximum absolute atomic E-state index is 11.7. The van der Waals surface area contributed by atoms with Gasteiger partial charge in [-0.05, 0) is 24.6 Å². The van der Waals surface area contributed by atoms with Crippen molar-refractivity contribution in [3.63, 3.8) is 0 Å². The number of ether oxygens (including phenoxy) is 1. The molecule has 108 valence electrons. The van der Waals surface area contributed by atoms with Gasteiger partial charge in [0.05, 0.1) is 23.7 Å². The van der Waals surface area contributed by atoms with E-state index in [1.54, 1.807) is 13.0 Å². The lowest BCUT2D eigenvalue weighted by atomic mass is 10.1. The maximum Gasteiger partial charge on any atom is 0.332 e. The van der Waals surface area contributed by atoms with Gasteiger partial charge >= 0.3 is 5.97 Å². The summed E-state index contributed by atoms with van der Waals surface area (Å²) < 4.78 is 4.98. The van der Waals surface area contributed by atoms with Crippen LogP contribution in [0, 0.1) is 0 Å². The van der Waals surface area contributed by atoms with E-state index in [4.69, 9.17) is 10.5 Å². The Balaban J connectivity index is 2.33. The first-order chi connectivity index (χ1) is 10.2. The Bertz CT molecular complexity index is 636. The van der Waals surface area contributed by atoms with Crippen LogP contribution < -0.4 is 11.1 Å². The number of hydrogen-bond acceptors (Lipinski definition) is 4. The molecule has 2 aromatic rings. The molecule has 0 radical (unpaired) electrons. The Labute approximate surface area is 124 Å². The van der Waals surface area contributed by atoms with Crippen LogP contribution in [0.15, 0.2) is 60.7 Å². The van der Waals surface area contributed by atoms with Crippen molar-refractivity contribution in [2.45, 2.75) is 6.92 Å². The van der Waals surface area contributed by atoms with E-state index >= 15 is 0 Å². The molecule has 3 N–H and O–H groups in total. The predicted octanol–water partition coefficient (Wildman–Crippen LogP) is 3.28. The Morgan fingerprint density at radius 2 is 1.81 bits per heavy atom. The van der Waals surface area contributed by atoms with Crippen LogP contribution in [0.25, 0.3) is 5.70 Å². The summed E-state index contributed by atoms with van der Waals surface area (Å²) in [6.45, 7) is 2.11. The van der Waals surface area contributed by atoms with Crippen LogP contribution in [0.2, 0.25) is 0 Å². The number of para-hydroxylation sites is 2. The minimum absolute atomic E-state index is 0.338. The zero-order chi connectivity index (χ0) is 15.1. The molecular weight excluding hydrogens is 264 g/mol. The SMILES string of the molecule is CCOC(=O)/C=C(/Nc1ccccc1N)c1ccccc1. The molecule has 0 atom stereocenters. The van der Waals surface area contributed by atoms with E-state index in [1.807, 2.05) is 48.5 Å². The van der Waals surface area contributed by atoms with Crippen molar-refractivity contribution < 1.29 is 9.53 Å². The van der Waals surface area contributed by atoms with Gasteiger partial charge in [-0.15, -0.1) is 0 Å². The highest BCUT2D eigenvalue weighted by Crippen LogP contribution is 2.23. The van der Waals surface area contributed by atoms with E-state index in [-0.39, 0.29) is 0 Å². The lowest BCUT2D eigenvalue weighted by Crippen LogP contribution is -2.07. The Morgan fingerprint density at radius 3 is 2.48 bits per heavy atom. The highest BCUT2D eigenvalue weighted by Gasteiger charge is 2.07. The van der Waals surface area contributed by atoms with Crippen LogP contribution in [0.1, 0.15) is 12.5 Å². The summed E-state index contributed by atoms with van der Waals surface area (Å²) in [5.41, 5.74) is 8.82. The Kier molecular flexibility index (Phi) is 4.99. The van der Waals surface area contributed by atoms with Crippen LogP contribution in [-0.2, 0) is 9.53 Å². The molecule has 0 aliphatic rings. The van der Waals surface area contributed by atoms with Crippen LogP contribution >= 0.6 is 0 Å². The number of nitrogens with two attached hydrogens (primary N) is 1. The van der Waals surface area contributed by atoms with Crippen molar-refractivity contribution in [3.8, 4) is 0 Å². The minimum atomic E-state index is -0.390. The molecule has 0 fully saturated rings. The largest absolute Gasteiger partial charge is 0.463 e. The number of carbonyl (C=O) groups excluding carboxylic acids is 1. The van der Waals surface area contributed by atoms with Crippen LogP contribution in [0.4, 0.5) is 11.4 Å². The van der Waals surface area contributed by atoms with E-state index in [2.05, 4.69) is 5.32 Å². The lowest BCUT2D eigenvalue weighted by molar-refractivity contribution is -0.137. The maximum atomic E-state index is 11.7. The van der Waals surface area contributed by atoms with Gasteiger partial charge in [0.25, 0.3) is 0 Å². The van der Waals surface area contributed by atoms with Crippen LogP contribution in [0.3, 0.4) is 0 Å². The van der Waals surface area contributed by atoms with Crippen molar-refractivity contribution in [1.82, 2.24) is 0 Å². The number of hydrogen-bond donors (Lipinski definition) is 2. The second kappa shape index (κ2) is 7.14. The Morgan fingerprint density at radius 1 is 1.14 bits per heavy atom. The van der Waals surface area contributed by atoms with Gasteiger partial charge in [0.1, 0.15) is 0 Å². The molecule has 0 amide bonds. The molecule has 0 aliphatic heterocycles. The van der Waals surface area contributed by atoms with Gasteiger partial charge in [0, 0.05) is 6.08 Å². The zero-order valence-electron chi connectivity index (χ0n) is 11.9. The molecule has 4 heteroatoms. The monoisotopic (exact) mass is 282 g/mol. The number of nitrogens with one attached hydrogen (secondary N) is 1. The summed E-state index contributed by atoms with van der Waals surface area (Å²) in [5, 5.41) is 3.19. The molecule has 0 heterocycles.